The molecule has 0 spiro atoms. The molecule has 2 unspecified atom stereocenters. The van der Waals surface area contributed by atoms with Crippen LogP contribution in [0.15, 0.2) is 0 Å². The summed E-state index contributed by atoms with van der Waals surface area (Å²) < 4.78 is 0. The van der Waals surface area contributed by atoms with Gasteiger partial charge in [0, 0.05) is 19.0 Å². The van der Waals surface area contributed by atoms with Gasteiger partial charge in [0.15, 0.2) is 0 Å². The molecular weight excluding hydrogens is 150 g/mol. The summed E-state index contributed by atoms with van der Waals surface area (Å²) in [6.45, 7) is 4.32. The molecule has 2 nitrogen and oxygen atoms in total. The highest BCUT2D eigenvalue weighted by Gasteiger charge is 2.42. The van der Waals surface area contributed by atoms with Crippen molar-refractivity contribution in [1.29, 1.82) is 0 Å². The van der Waals surface area contributed by atoms with E-state index in [2.05, 4.69) is 12.2 Å². The Morgan fingerprint density at radius 3 is 2.67 bits per heavy atom. The number of hydrogen-bond donors (Lipinski definition) is 2. The van der Waals surface area contributed by atoms with E-state index in [4.69, 9.17) is 0 Å². The van der Waals surface area contributed by atoms with E-state index in [9.17, 15) is 5.11 Å². The summed E-state index contributed by atoms with van der Waals surface area (Å²) in [5, 5.41) is 13.6. The van der Waals surface area contributed by atoms with Crippen molar-refractivity contribution in [1.82, 2.24) is 5.32 Å². The SMILES string of the molecule is CC1CCCC(O)(C2CNC2)C1. The lowest BCUT2D eigenvalue weighted by Crippen LogP contribution is -2.57. The van der Waals surface area contributed by atoms with E-state index in [1.54, 1.807) is 0 Å². The second-order valence-electron chi connectivity index (χ2n) is 4.66. The summed E-state index contributed by atoms with van der Waals surface area (Å²) in [5.41, 5.74) is -0.317. The van der Waals surface area contributed by atoms with Gasteiger partial charge in [0.25, 0.3) is 0 Å². The predicted octanol–water partition coefficient (Wildman–Crippen LogP) is 1.15. The van der Waals surface area contributed by atoms with Crippen LogP contribution in [0.4, 0.5) is 0 Å². The molecule has 1 saturated carbocycles. The highest BCUT2D eigenvalue weighted by atomic mass is 16.3. The fourth-order valence-corrected chi connectivity index (χ4v) is 2.60. The smallest absolute Gasteiger partial charge is 0.0702 e. The molecule has 2 fully saturated rings. The van der Waals surface area contributed by atoms with Crippen molar-refractivity contribution < 1.29 is 5.11 Å². The van der Waals surface area contributed by atoms with Crippen LogP contribution in [0.1, 0.15) is 32.6 Å². The zero-order valence-electron chi connectivity index (χ0n) is 7.84. The minimum Gasteiger partial charge on any atom is -0.389 e. The fraction of sp³-hybridized carbons (Fsp3) is 1.00. The average Bonchev–Trinajstić information content (AvgIpc) is 1.79. The lowest BCUT2D eigenvalue weighted by atomic mass is 9.70. The summed E-state index contributed by atoms with van der Waals surface area (Å²) in [6.07, 6.45) is 4.58. The van der Waals surface area contributed by atoms with Gasteiger partial charge in [0.2, 0.25) is 0 Å². The zero-order chi connectivity index (χ0) is 8.60. The average molecular weight is 169 g/mol. The third kappa shape index (κ3) is 1.38. The number of rotatable bonds is 1. The molecular formula is C10H19NO. The molecule has 2 rings (SSSR count). The summed E-state index contributed by atoms with van der Waals surface area (Å²) in [4.78, 5) is 0. The first-order valence-corrected chi connectivity index (χ1v) is 5.14. The molecule has 2 aliphatic rings. The van der Waals surface area contributed by atoms with Crippen LogP contribution in [-0.4, -0.2) is 23.8 Å². The molecule has 0 aromatic heterocycles. The van der Waals surface area contributed by atoms with Gasteiger partial charge in [0.05, 0.1) is 5.60 Å². The van der Waals surface area contributed by atoms with Gasteiger partial charge in [-0.25, -0.2) is 0 Å². The lowest BCUT2D eigenvalue weighted by molar-refractivity contribution is -0.0786. The fourth-order valence-electron chi connectivity index (χ4n) is 2.60. The van der Waals surface area contributed by atoms with Crippen molar-refractivity contribution in [3.05, 3.63) is 0 Å². The minimum atomic E-state index is -0.317. The Balaban J connectivity index is 1.97. The molecule has 12 heavy (non-hydrogen) atoms. The quantitative estimate of drug-likeness (QED) is 0.617. The van der Waals surface area contributed by atoms with Gasteiger partial charge in [-0.05, 0) is 18.8 Å². The molecule has 2 N–H and O–H groups in total. The van der Waals surface area contributed by atoms with Crippen LogP contribution in [0.2, 0.25) is 0 Å². The first-order chi connectivity index (χ1) is 5.71. The molecule has 2 heteroatoms. The Kier molecular flexibility index (Phi) is 2.13. The van der Waals surface area contributed by atoms with Gasteiger partial charge in [-0.3, -0.25) is 0 Å². The van der Waals surface area contributed by atoms with Crippen molar-refractivity contribution in [3.8, 4) is 0 Å². The second kappa shape index (κ2) is 3.00. The van der Waals surface area contributed by atoms with Crippen LogP contribution < -0.4 is 5.32 Å². The highest BCUT2D eigenvalue weighted by molar-refractivity contribution is 4.96. The summed E-state index contributed by atoms with van der Waals surface area (Å²) in [6, 6.07) is 0. The van der Waals surface area contributed by atoms with E-state index in [1.807, 2.05) is 0 Å². The Labute approximate surface area is 74.4 Å². The molecule has 2 atom stereocenters. The summed E-state index contributed by atoms with van der Waals surface area (Å²) in [5.74, 6) is 1.27. The molecule has 0 aromatic rings. The highest BCUT2D eigenvalue weighted by Crippen LogP contribution is 2.38. The van der Waals surface area contributed by atoms with Crippen molar-refractivity contribution in [2.24, 2.45) is 11.8 Å². The largest absolute Gasteiger partial charge is 0.389 e. The van der Waals surface area contributed by atoms with Crippen LogP contribution in [0.5, 0.6) is 0 Å². The van der Waals surface area contributed by atoms with Gasteiger partial charge in [-0.2, -0.15) is 0 Å². The van der Waals surface area contributed by atoms with E-state index in [1.165, 1.54) is 12.8 Å². The van der Waals surface area contributed by atoms with E-state index in [0.29, 0.717) is 5.92 Å². The van der Waals surface area contributed by atoms with Crippen LogP contribution in [0.3, 0.4) is 0 Å². The van der Waals surface area contributed by atoms with Gasteiger partial charge in [-0.15, -0.1) is 0 Å². The van der Waals surface area contributed by atoms with E-state index >= 15 is 0 Å². The number of hydrogen-bond acceptors (Lipinski definition) is 2. The standard InChI is InChI=1S/C10H19NO/c1-8-3-2-4-10(12,5-8)9-6-11-7-9/h8-9,11-12H,2-7H2,1H3. The molecule has 0 radical (unpaired) electrons. The van der Waals surface area contributed by atoms with Gasteiger partial charge in [0.1, 0.15) is 0 Å². The number of aliphatic hydroxyl groups is 1. The first-order valence-electron chi connectivity index (χ1n) is 5.14. The summed E-state index contributed by atoms with van der Waals surface area (Å²) >= 11 is 0. The maximum atomic E-state index is 10.3. The molecule has 1 aliphatic carbocycles. The second-order valence-corrected chi connectivity index (χ2v) is 4.66. The van der Waals surface area contributed by atoms with E-state index < -0.39 is 0 Å². The van der Waals surface area contributed by atoms with Crippen molar-refractivity contribution in [3.63, 3.8) is 0 Å². The van der Waals surface area contributed by atoms with Gasteiger partial charge in [-0.1, -0.05) is 19.8 Å². The molecule has 1 saturated heterocycles. The molecule has 1 heterocycles. The molecule has 0 amide bonds. The number of nitrogens with one attached hydrogen (secondary N) is 1. The molecule has 70 valence electrons. The first kappa shape index (κ1) is 8.52. The van der Waals surface area contributed by atoms with Crippen LogP contribution in [0, 0.1) is 11.8 Å². The lowest BCUT2D eigenvalue weighted by Gasteiger charge is -2.46. The Morgan fingerprint density at radius 1 is 1.42 bits per heavy atom. The minimum absolute atomic E-state index is 0.317. The monoisotopic (exact) mass is 169 g/mol. The van der Waals surface area contributed by atoms with E-state index in [0.717, 1.165) is 31.8 Å². The van der Waals surface area contributed by atoms with Crippen LogP contribution >= 0.6 is 0 Å². The Hall–Kier alpha value is -0.0800. The van der Waals surface area contributed by atoms with Crippen molar-refractivity contribution in [2.75, 3.05) is 13.1 Å². The van der Waals surface area contributed by atoms with Gasteiger partial charge < -0.3 is 10.4 Å². The summed E-state index contributed by atoms with van der Waals surface area (Å²) in [7, 11) is 0. The van der Waals surface area contributed by atoms with Crippen LogP contribution in [0.25, 0.3) is 0 Å². The van der Waals surface area contributed by atoms with E-state index in [-0.39, 0.29) is 5.60 Å². The Morgan fingerprint density at radius 2 is 2.17 bits per heavy atom. The van der Waals surface area contributed by atoms with Crippen LogP contribution in [-0.2, 0) is 0 Å². The molecule has 0 aromatic carbocycles. The Bertz CT molecular complexity index is 167. The molecule has 1 aliphatic heterocycles. The maximum absolute atomic E-state index is 10.3. The van der Waals surface area contributed by atoms with Crippen molar-refractivity contribution >= 4 is 0 Å². The normalized spacial score (nSPS) is 44.0. The topological polar surface area (TPSA) is 32.3 Å². The third-order valence-corrected chi connectivity index (χ3v) is 3.55. The van der Waals surface area contributed by atoms with Crippen molar-refractivity contribution in [2.45, 2.75) is 38.2 Å². The third-order valence-electron chi connectivity index (χ3n) is 3.55. The zero-order valence-corrected chi connectivity index (χ0v) is 7.84. The molecule has 0 bridgehead atoms. The maximum Gasteiger partial charge on any atom is 0.0702 e. The predicted molar refractivity (Wildman–Crippen MR) is 48.9 cm³/mol. The van der Waals surface area contributed by atoms with Gasteiger partial charge >= 0.3 is 0 Å².